The van der Waals surface area contributed by atoms with Crippen LogP contribution in [0.3, 0.4) is 0 Å². The van der Waals surface area contributed by atoms with Crippen LogP contribution in [0.5, 0.6) is 0 Å². The van der Waals surface area contributed by atoms with Crippen LogP contribution in [0.1, 0.15) is 31.9 Å². The van der Waals surface area contributed by atoms with Gasteiger partial charge in [-0.3, -0.25) is 13.9 Å². The Hall–Kier alpha value is -3.22. The Kier molecular flexibility index (Phi) is 11.3. The van der Waals surface area contributed by atoms with Gasteiger partial charge in [0.2, 0.25) is 11.8 Å². The van der Waals surface area contributed by atoms with Crippen LogP contribution >= 0.6 is 38.5 Å². The number of benzene rings is 4. The van der Waals surface area contributed by atoms with Gasteiger partial charge in [0.1, 0.15) is 12.6 Å². The molecule has 2 amide bonds. The molecule has 0 aliphatic rings. The largest absolute Gasteiger partial charge is 0.350 e. The lowest BCUT2D eigenvalue weighted by Gasteiger charge is -2.35. The summed E-state index contributed by atoms with van der Waals surface area (Å²) in [6.07, 6.45) is 0.247. The van der Waals surface area contributed by atoms with Gasteiger partial charge in [0.15, 0.2) is 0 Å². The molecule has 0 aliphatic heterocycles. The average Bonchev–Trinajstić information content (AvgIpc) is 2.98. The third kappa shape index (κ3) is 9.15. The Morgan fingerprint density at radius 1 is 0.841 bits per heavy atom. The van der Waals surface area contributed by atoms with Crippen LogP contribution in [-0.2, 0) is 32.6 Å². The second-order valence-corrected chi connectivity index (χ2v) is 15.4. The lowest BCUT2D eigenvalue weighted by Crippen LogP contribution is -2.56. The van der Waals surface area contributed by atoms with Gasteiger partial charge in [-0.2, -0.15) is 0 Å². The van der Waals surface area contributed by atoms with Crippen LogP contribution in [0.2, 0.25) is 0 Å². The lowest BCUT2D eigenvalue weighted by atomic mass is 10.0. The summed E-state index contributed by atoms with van der Waals surface area (Å²) in [6.45, 7) is 5.25. The Balaban J connectivity index is 1.81. The van der Waals surface area contributed by atoms with Crippen molar-refractivity contribution in [2.24, 2.45) is 0 Å². The van der Waals surface area contributed by atoms with Crippen molar-refractivity contribution in [3.63, 3.8) is 0 Å². The van der Waals surface area contributed by atoms with E-state index in [1.54, 1.807) is 42.5 Å². The number of rotatable bonds is 11. The summed E-state index contributed by atoms with van der Waals surface area (Å²) >= 11 is 5.66. The zero-order chi connectivity index (χ0) is 31.9. The molecule has 4 rings (SSSR count). The third-order valence-corrected chi connectivity index (χ3v) is 9.74. The normalized spacial score (nSPS) is 12.3. The Bertz CT molecular complexity index is 1680. The summed E-state index contributed by atoms with van der Waals surface area (Å²) in [5.41, 5.74) is 1.46. The quantitative estimate of drug-likeness (QED) is 0.170. The Morgan fingerprint density at radius 2 is 1.43 bits per heavy atom. The van der Waals surface area contributed by atoms with E-state index in [0.29, 0.717) is 5.69 Å². The summed E-state index contributed by atoms with van der Waals surface area (Å²) in [6, 6.07) is 31.1. The summed E-state index contributed by atoms with van der Waals surface area (Å²) in [7, 11) is -4.13. The first-order valence-electron chi connectivity index (χ1n) is 14.1. The van der Waals surface area contributed by atoms with Crippen molar-refractivity contribution in [2.75, 3.05) is 10.8 Å². The number of carbonyl (C=O) groups excluding carboxylic acids is 2. The minimum absolute atomic E-state index is 0.0659. The van der Waals surface area contributed by atoms with Gasteiger partial charge in [-0.1, -0.05) is 76.6 Å². The zero-order valence-electron chi connectivity index (χ0n) is 24.8. The number of hydrogen-bond donors (Lipinski definition) is 1. The summed E-state index contributed by atoms with van der Waals surface area (Å²) in [5.74, 6) is -0.829. The highest BCUT2D eigenvalue weighted by Gasteiger charge is 2.35. The average molecular weight is 789 g/mol. The predicted molar refractivity (Wildman–Crippen MR) is 187 cm³/mol. The SMILES string of the molecule is CC(C)(C)NC(=O)[C@H](Cc1ccccc1)N(Cc1cccc(Br)c1)C(=O)CN(c1ccc(I)cc1)S(=O)(=O)c1ccccc1. The number of amides is 2. The fourth-order valence-corrected chi connectivity index (χ4v) is 6.94. The van der Waals surface area contributed by atoms with Crippen molar-refractivity contribution < 1.29 is 18.0 Å². The van der Waals surface area contributed by atoms with Crippen LogP contribution in [0.15, 0.2) is 119 Å². The molecule has 0 aromatic heterocycles. The number of carbonyl (C=O) groups is 2. The maximum Gasteiger partial charge on any atom is 0.264 e. The van der Waals surface area contributed by atoms with Crippen molar-refractivity contribution in [1.29, 1.82) is 0 Å². The highest BCUT2D eigenvalue weighted by atomic mass is 127. The second-order valence-electron chi connectivity index (χ2n) is 11.4. The molecule has 0 radical (unpaired) electrons. The highest BCUT2D eigenvalue weighted by molar-refractivity contribution is 14.1. The fraction of sp³-hybridized carbons (Fsp3) is 0.235. The topological polar surface area (TPSA) is 86.8 Å². The number of nitrogens with one attached hydrogen (secondary N) is 1. The van der Waals surface area contributed by atoms with Gasteiger partial charge >= 0.3 is 0 Å². The molecule has 44 heavy (non-hydrogen) atoms. The van der Waals surface area contributed by atoms with Crippen LogP contribution in [0, 0.1) is 3.57 Å². The molecule has 0 heterocycles. The molecule has 1 atom stereocenters. The molecular formula is C34H35BrIN3O4S. The molecular weight excluding hydrogens is 753 g/mol. The third-order valence-electron chi connectivity index (χ3n) is 6.74. The van der Waals surface area contributed by atoms with Crippen molar-refractivity contribution in [2.45, 2.75) is 50.2 Å². The number of hydrogen-bond acceptors (Lipinski definition) is 4. The molecule has 0 saturated heterocycles. The molecule has 10 heteroatoms. The molecule has 0 aliphatic carbocycles. The maximum absolute atomic E-state index is 14.5. The molecule has 0 spiro atoms. The molecule has 0 saturated carbocycles. The van der Waals surface area contributed by atoms with Gasteiger partial charge in [0.05, 0.1) is 10.6 Å². The van der Waals surface area contributed by atoms with Crippen LogP contribution in [0.4, 0.5) is 5.69 Å². The van der Waals surface area contributed by atoms with E-state index in [1.807, 2.05) is 75.4 Å². The van der Waals surface area contributed by atoms with E-state index in [4.69, 9.17) is 0 Å². The smallest absolute Gasteiger partial charge is 0.264 e. The van der Waals surface area contributed by atoms with Crippen molar-refractivity contribution in [3.05, 3.63) is 128 Å². The van der Waals surface area contributed by atoms with Gasteiger partial charge in [0.25, 0.3) is 10.0 Å². The molecule has 0 unspecified atom stereocenters. The summed E-state index contributed by atoms with van der Waals surface area (Å²) in [5, 5.41) is 3.04. The minimum atomic E-state index is -4.13. The van der Waals surface area contributed by atoms with Gasteiger partial charge < -0.3 is 10.2 Å². The first kappa shape index (κ1) is 33.7. The molecule has 1 N–H and O–H groups in total. The minimum Gasteiger partial charge on any atom is -0.350 e. The van der Waals surface area contributed by atoms with E-state index in [9.17, 15) is 18.0 Å². The second kappa shape index (κ2) is 14.7. The van der Waals surface area contributed by atoms with Gasteiger partial charge in [-0.15, -0.1) is 0 Å². The molecule has 4 aromatic rings. The highest BCUT2D eigenvalue weighted by Crippen LogP contribution is 2.26. The van der Waals surface area contributed by atoms with Crippen molar-refractivity contribution in [3.8, 4) is 0 Å². The first-order valence-corrected chi connectivity index (χ1v) is 17.4. The van der Waals surface area contributed by atoms with E-state index in [1.165, 1.54) is 17.0 Å². The van der Waals surface area contributed by atoms with Crippen molar-refractivity contribution >= 4 is 66.0 Å². The summed E-state index contributed by atoms with van der Waals surface area (Å²) in [4.78, 5) is 30.0. The van der Waals surface area contributed by atoms with Gasteiger partial charge in [-0.25, -0.2) is 8.42 Å². The molecule has 0 fully saturated rings. The number of anilines is 1. The molecule has 230 valence electrons. The Morgan fingerprint density at radius 3 is 2.02 bits per heavy atom. The van der Waals surface area contributed by atoms with Crippen LogP contribution < -0.4 is 9.62 Å². The van der Waals surface area contributed by atoms with Gasteiger partial charge in [-0.05, 0) is 103 Å². The first-order chi connectivity index (χ1) is 20.8. The van der Waals surface area contributed by atoms with E-state index in [0.717, 1.165) is 23.5 Å². The zero-order valence-corrected chi connectivity index (χ0v) is 29.3. The van der Waals surface area contributed by atoms with E-state index in [-0.39, 0.29) is 23.8 Å². The predicted octanol–water partition coefficient (Wildman–Crippen LogP) is 6.80. The van der Waals surface area contributed by atoms with Gasteiger partial charge in [0, 0.05) is 26.5 Å². The van der Waals surface area contributed by atoms with Crippen LogP contribution in [0.25, 0.3) is 0 Å². The van der Waals surface area contributed by atoms with E-state index >= 15 is 0 Å². The number of sulfonamides is 1. The van der Waals surface area contributed by atoms with Crippen molar-refractivity contribution in [1.82, 2.24) is 10.2 Å². The van der Waals surface area contributed by atoms with Crippen LogP contribution in [-0.4, -0.2) is 43.3 Å². The maximum atomic E-state index is 14.5. The standard InChI is InChI=1S/C34H35BrIN3O4S/c1-34(2,3)37-33(41)31(22-25-11-6-4-7-12-25)38(23-26-13-10-14-27(35)21-26)32(40)24-39(29-19-17-28(36)18-20-29)44(42,43)30-15-8-5-9-16-30/h4-21,31H,22-24H2,1-3H3,(H,37,41)/t31-/m0/s1. The monoisotopic (exact) mass is 787 g/mol. The molecule has 4 aromatic carbocycles. The van der Waals surface area contributed by atoms with E-state index in [2.05, 4.69) is 43.8 Å². The Labute approximate surface area is 282 Å². The number of halogens is 2. The lowest BCUT2D eigenvalue weighted by molar-refractivity contribution is -0.140. The van der Waals surface area contributed by atoms with E-state index < -0.39 is 34.1 Å². The summed E-state index contributed by atoms with van der Waals surface area (Å²) < 4.78 is 30.9. The molecule has 7 nitrogen and oxygen atoms in total. The fourth-order valence-electron chi connectivity index (χ4n) is 4.69. The molecule has 0 bridgehead atoms. The number of nitrogens with zero attached hydrogens (tertiary/aromatic N) is 2.